The van der Waals surface area contributed by atoms with Crippen molar-refractivity contribution in [3.63, 3.8) is 0 Å². The lowest BCUT2D eigenvalue weighted by atomic mass is 9.84. The van der Waals surface area contributed by atoms with Crippen molar-refractivity contribution in [3.8, 4) is 0 Å². The van der Waals surface area contributed by atoms with Gasteiger partial charge in [0.05, 0.1) is 18.3 Å². The zero-order valence-electron chi connectivity index (χ0n) is 13.2. The van der Waals surface area contributed by atoms with Crippen LogP contribution in [-0.4, -0.2) is 41.3 Å². The van der Waals surface area contributed by atoms with Gasteiger partial charge in [-0.3, -0.25) is 9.88 Å². The van der Waals surface area contributed by atoms with Gasteiger partial charge in [-0.15, -0.1) is 0 Å². The molecule has 0 aliphatic carbocycles. The van der Waals surface area contributed by atoms with Crippen molar-refractivity contribution < 1.29 is 9.47 Å². The molecule has 0 saturated carbocycles. The molecule has 0 aromatic carbocycles. The first kappa shape index (κ1) is 15.3. The highest BCUT2D eigenvalue weighted by Gasteiger charge is 2.47. The highest BCUT2D eigenvalue weighted by molar-refractivity contribution is 7.07. The summed E-state index contributed by atoms with van der Waals surface area (Å²) in [6.45, 7) is 4.57. The summed E-state index contributed by atoms with van der Waals surface area (Å²) in [5.41, 5.74) is 2.62. The van der Waals surface area contributed by atoms with E-state index in [1.807, 2.05) is 24.5 Å². The van der Waals surface area contributed by atoms with Gasteiger partial charge in [0, 0.05) is 45.1 Å². The van der Waals surface area contributed by atoms with E-state index in [1.165, 1.54) is 11.1 Å². The van der Waals surface area contributed by atoms with Gasteiger partial charge in [-0.05, 0) is 46.5 Å². The lowest BCUT2D eigenvalue weighted by molar-refractivity contribution is -0.200. The SMILES string of the molecule is c1cc(CO[C@H]2CCOC3(C2)CN(Cc2ccsc2)C3)ccn1. The smallest absolute Gasteiger partial charge is 0.0959 e. The van der Waals surface area contributed by atoms with Crippen LogP contribution in [0.4, 0.5) is 0 Å². The minimum absolute atomic E-state index is 0.0250. The third kappa shape index (κ3) is 3.63. The molecule has 4 rings (SSSR count). The summed E-state index contributed by atoms with van der Waals surface area (Å²) in [4.78, 5) is 6.51. The third-order valence-electron chi connectivity index (χ3n) is 4.69. The summed E-state index contributed by atoms with van der Waals surface area (Å²) in [5.74, 6) is 0. The molecule has 2 aromatic rings. The number of thiophene rings is 1. The first-order valence-corrected chi connectivity index (χ1v) is 9.14. The molecule has 4 heterocycles. The van der Waals surface area contributed by atoms with Gasteiger partial charge >= 0.3 is 0 Å². The number of rotatable bonds is 5. The van der Waals surface area contributed by atoms with E-state index in [2.05, 4.69) is 26.7 Å². The molecule has 2 aliphatic rings. The second kappa shape index (κ2) is 6.69. The Hall–Kier alpha value is -1.27. The van der Waals surface area contributed by atoms with Crippen molar-refractivity contribution in [2.24, 2.45) is 0 Å². The predicted molar refractivity (Wildman–Crippen MR) is 90.3 cm³/mol. The molecule has 4 nitrogen and oxygen atoms in total. The molecule has 122 valence electrons. The van der Waals surface area contributed by atoms with Crippen LogP contribution < -0.4 is 0 Å². The molecule has 2 saturated heterocycles. The number of likely N-dealkylation sites (tertiary alicyclic amines) is 1. The Balaban J connectivity index is 1.27. The number of hydrogen-bond acceptors (Lipinski definition) is 5. The van der Waals surface area contributed by atoms with Gasteiger partial charge in [-0.1, -0.05) is 0 Å². The molecule has 23 heavy (non-hydrogen) atoms. The zero-order chi connectivity index (χ0) is 15.5. The van der Waals surface area contributed by atoms with Crippen molar-refractivity contribution in [2.45, 2.75) is 37.7 Å². The first-order valence-electron chi connectivity index (χ1n) is 8.19. The molecule has 1 spiro atoms. The molecule has 0 bridgehead atoms. The third-order valence-corrected chi connectivity index (χ3v) is 5.42. The Morgan fingerprint density at radius 2 is 2.13 bits per heavy atom. The standard InChI is InChI=1S/C18H22N2O2S/c1-5-19-6-2-15(1)11-21-17-3-7-22-18(9-17)13-20(14-18)10-16-4-8-23-12-16/h1-2,4-6,8,12,17H,3,7,9-11,13-14H2/t17-/m0/s1. The molecule has 2 fully saturated rings. The summed E-state index contributed by atoms with van der Waals surface area (Å²) in [7, 11) is 0. The Labute approximate surface area is 141 Å². The first-order chi connectivity index (χ1) is 11.3. The van der Waals surface area contributed by atoms with Gasteiger partial charge in [0.25, 0.3) is 0 Å². The second-order valence-corrected chi connectivity index (χ2v) is 7.37. The van der Waals surface area contributed by atoms with Crippen LogP contribution in [0.15, 0.2) is 41.4 Å². The van der Waals surface area contributed by atoms with Crippen molar-refractivity contribution >= 4 is 11.3 Å². The van der Waals surface area contributed by atoms with E-state index >= 15 is 0 Å². The minimum Gasteiger partial charge on any atom is -0.373 e. The van der Waals surface area contributed by atoms with Crippen LogP contribution in [0.5, 0.6) is 0 Å². The molecule has 0 amide bonds. The van der Waals surface area contributed by atoms with Gasteiger partial charge in [-0.2, -0.15) is 11.3 Å². The number of ether oxygens (including phenoxy) is 2. The molecular formula is C18H22N2O2S. The van der Waals surface area contributed by atoms with Crippen LogP contribution in [0.25, 0.3) is 0 Å². The normalized spacial score (nSPS) is 23.7. The Bertz CT molecular complexity index is 611. The maximum absolute atomic E-state index is 6.12. The molecule has 5 heteroatoms. The van der Waals surface area contributed by atoms with Crippen LogP contribution in [0.2, 0.25) is 0 Å². The average Bonchev–Trinajstić information content (AvgIpc) is 3.06. The van der Waals surface area contributed by atoms with Crippen molar-refractivity contribution in [1.82, 2.24) is 9.88 Å². The van der Waals surface area contributed by atoms with Gasteiger partial charge in [0.2, 0.25) is 0 Å². The van der Waals surface area contributed by atoms with Gasteiger partial charge in [-0.25, -0.2) is 0 Å². The maximum Gasteiger partial charge on any atom is 0.0959 e. The summed E-state index contributed by atoms with van der Waals surface area (Å²) < 4.78 is 12.2. The quantitative estimate of drug-likeness (QED) is 0.844. The van der Waals surface area contributed by atoms with Crippen LogP contribution >= 0.6 is 11.3 Å². The molecular weight excluding hydrogens is 308 g/mol. The molecule has 2 aliphatic heterocycles. The fraction of sp³-hybridized carbons (Fsp3) is 0.500. The van der Waals surface area contributed by atoms with Gasteiger partial charge < -0.3 is 9.47 Å². The van der Waals surface area contributed by atoms with Crippen LogP contribution in [0.1, 0.15) is 24.0 Å². The highest BCUT2D eigenvalue weighted by Crippen LogP contribution is 2.36. The van der Waals surface area contributed by atoms with Crippen LogP contribution in [0.3, 0.4) is 0 Å². The minimum atomic E-state index is 0.0250. The van der Waals surface area contributed by atoms with Crippen LogP contribution in [-0.2, 0) is 22.6 Å². The van der Waals surface area contributed by atoms with Crippen molar-refractivity contribution in [3.05, 3.63) is 52.5 Å². The molecule has 0 unspecified atom stereocenters. The monoisotopic (exact) mass is 330 g/mol. The van der Waals surface area contributed by atoms with E-state index in [4.69, 9.17) is 9.47 Å². The maximum atomic E-state index is 6.12. The molecule has 2 aromatic heterocycles. The van der Waals surface area contributed by atoms with E-state index in [-0.39, 0.29) is 5.60 Å². The molecule has 0 N–H and O–H groups in total. The largest absolute Gasteiger partial charge is 0.373 e. The van der Waals surface area contributed by atoms with E-state index in [1.54, 1.807) is 11.3 Å². The predicted octanol–water partition coefficient (Wildman–Crippen LogP) is 3.09. The highest BCUT2D eigenvalue weighted by atomic mass is 32.1. The summed E-state index contributed by atoms with van der Waals surface area (Å²) in [5, 5.41) is 4.37. The summed E-state index contributed by atoms with van der Waals surface area (Å²) >= 11 is 1.77. The van der Waals surface area contributed by atoms with E-state index in [0.29, 0.717) is 12.7 Å². The Morgan fingerprint density at radius 1 is 1.26 bits per heavy atom. The second-order valence-electron chi connectivity index (χ2n) is 6.59. The topological polar surface area (TPSA) is 34.6 Å². The number of hydrogen-bond donors (Lipinski definition) is 0. The Morgan fingerprint density at radius 3 is 2.91 bits per heavy atom. The van der Waals surface area contributed by atoms with E-state index in [9.17, 15) is 0 Å². The molecule has 0 radical (unpaired) electrons. The van der Waals surface area contributed by atoms with E-state index in [0.717, 1.165) is 39.1 Å². The summed E-state index contributed by atoms with van der Waals surface area (Å²) in [6, 6.07) is 6.24. The Kier molecular flexibility index (Phi) is 4.44. The average molecular weight is 330 g/mol. The van der Waals surface area contributed by atoms with Gasteiger partial charge in [0.1, 0.15) is 0 Å². The fourth-order valence-electron chi connectivity index (χ4n) is 3.56. The van der Waals surface area contributed by atoms with Gasteiger partial charge in [0.15, 0.2) is 0 Å². The van der Waals surface area contributed by atoms with Crippen molar-refractivity contribution in [1.29, 1.82) is 0 Å². The zero-order valence-corrected chi connectivity index (χ0v) is 14.0. The fourth-order valence-corrected chi connectivity index (χ4v) is 4.22. The van der Waals surface area contributed by atoms with Crippen molar-refractivity contribution in [2.75, 3.05) is 19.7 Å². The lowest BCUT2D eigenvalue weighted by Crippen LogP contribution is -2.65. The summed E-state index contributed by atoms with van der Waals surface area (Å²) in [6.07, 6.45) is 5.95. The van der Waals surface area contributed by atoms with Crippen LogP contribution in [0, 0.1) is 0 Å². The molecule has 1 atom stereocenters. The number of pyridine rings is 1. The number of aromatic nitrogens is 1. The number of nitrogens with zero attached hydrogens (tertiary/aromatic N) is 2. The lowest BCUT2D eigenvalue weighted by Gasteiger charge is -2.53. The van der Waals surface area contributed by atoms with E-state index < -0.39 is 0 Å².